The van der Waals surface area contributed by atoms with Gasteiger partial charge in [0.05, 0.1) is 22.5 Å². The average molecular weight is 494 g/mol. The highest BCUT2D eigenvalue weighted by Gasteiger charge is 2.41. The number of halogens is 3. The topological polar surface area (TPSA) is 101 Å². The Balaban J connectivity index is 1.89. The zero-order valence-corrected chi connectivity index (χ0v) is 19.2. The van der Waals surface area contributed by atoms with Gasteiger partial charge in [-0.15, -0.1) is 0 Å². The zero-order chi connectivity index (χ0) is 26.2. The minimum absolute atomic E-state index is 0.0315. The largest absolute Gasteiger partial charge is 0.494 e. The van der Waals surface area contributed by atoms with Gasteiger partial charge in [0.15, 0.2) is 0 Å². The van der Waals surface area contributed by atoms with E-state index in [9.17, 15) is 27.9 Å². The van der Waals surface area contributed by atoms with Crippen LogP contribution in [-0.4, -0.2) is 40.4 Å². The van der Waals surface area contributed by atoms with Crippen molar-refractivity contribution >= 4 is 45.5 Å². The molecular weight excluding hydrogens is 473 g/mol. The third-order valence-corrected chi connectivity index (χ3v) is 5.59. The molecule has 10 heteroatoms. The molecule has 0 aliphatic carbocycles. The Bertz CT molecular complexity index is 1490. The highest BCUT2D eigenvalue weighted by Crippen LogP contribution is 2.36. The molecule has 0 aliphatic rings. The van der Waals surface area contributed by atoms with Crippen LogP contribution in [0.3, 0.4) is 0 Å². The fourth-order valence-electron chi connectivity index (χ4n) is 3.89. The van der Waals surface area contributed by atoms with Crippen LogP contribution >= 0.6 is 0 Å². The van der Waals surface area contributed by atoms with Gasteiger partial charge in [-0.1, -0.05) is 30.3 Å². The quantitative estimate of drug-likeness (QED) is 0.298. The van der Waals surface area contributed by atoms with Gasteiger partial charge in [0, 0.05) is 36.3 Å². The molecule has 0 aliphatic heterocycles. The van der Waals surface area contributed by atoms with E-state index < -0.39 is 18.0 Å². The number of carbonyl (C=O) groups is 2. The molecule has 184 valence electrons. The number of nitrogen functional groups attached to an aromatic ring is 1. The molecule has 3 aromatic carbocycles. The molecular formula is C26H21F3N4O3. The van der Waals surface area contributed by atoms with Crippen molar-refractivity contribution in [3.05, 3.63) is 83.9 Å². The number of aromatic hydroxyl groups is 1. The fourth-order valence-corrected chi connectivity index (χ4v) is 3.89. The molecule has 7 nitrogen and oxygen atoms in total. The van der Waals surface area contributed by atoms with E-state index in [-0.39, 0.29) is 11.6 Å². The van der Waals surface area contributed by atoms with Gasteiger partial charge in [0.2, 0.25) is 11.8 Å². The second kappa shape index (κ2) is 9.21. The second-order valence-corrected chi connectivity index (χ2v) is 8.03. The third kappa shape index (κ3) is 4.52. The number of aliphatic imine (C=N–C) groups is 1. The number of fused-ring (bicyclic) bond motifs is 1. The highest BCUT2D eigenvalue weighted by molar-refractivity contribution is 6.23. The SMILES string of the molecule is CC(=O)n1c(O)c(C(=Nc2ccc(N(C)C(=O)C(F)(F)F)cc2)c2ccccc2)c2ccc(N)cc21. The maximum atomic E-state index is 12.8. The Morgan fingerprint density at radius 3 is 2.22 bits per heavy atom. The molecule has 0 spiro atoms. The normalized spacial score (nSPS) is 12.1. The van der Waals surface area contributed by atoms with Gasteiger partial charge in [-0.05, 0) is 42.5 Å². The van der Waals surface area contributed by atoms with Gasteiger partial charge < -0.3 is 15.7 Å². The summed E-state index contributed by atoms with van der Waals surface area (Å²) in [7, 11) is 1.03. The number of benzene rings is 3. The van der Waals surface area contributed by atoms with Crippen molar-refractivity contribution in [2.45, 2.75) is 13.1 Å². The minimum Gasteiger partial charge on any atom is -0.494 e. The lowest BCUT2D eigenvalue weighted by molar-refractivity contribution is -0.170. The van der Waals surface area contributed by atoms with Gasteiger partial charge in [0.1, 0.15) is 0 Å². The van der Waals surface area contributed by atoms with Gasteiger partial charge in [-0.25, -0.2) is 4.99 Å². The average Bonchev–Trinajstić information content (AvgIpc) is 3.12. The number of alkyl halides is 3. The Morgan fingerprint density at radius 2 is 1.64 bits per heavy atom. The van der Waals surface area contributed by atoms with Gasteiger partial charge >= 0.3 is 12.1 Å². The van der Waals surface area contributed by atoms with Crippen molar-refractivity contribution in [2.24, 2.45) is 4.99 Å². The summed E-state index contributed by atoms with van der Waals surface area (Å²) in [6.45, 7) is 1.31. The molecule has 0 saturated heterocycles. The predicted molar refractivity (Wildman–Crippen MR) is 132 cm³/mol. The lowest BCUT2D eigenvalue weighted by Gasteiger charge is -2.18. The Morgan fingerprint density at radius 1 is 1.00 bits per heavy atom. The summed E-state index contributed by atoms with van der Waals surface area (Å²) in [5, 5.41) is 11.6. The molecule has 4 rings (SSSR count). The molecule has 0 atom stereocenters. The number of nitrogens with two attached hydrogens (primary N) is 1. The minimum atomic E-state index is -5.00. The van der Waals surface area contributed by atoms with Crippen LogP contribution in [0.5, 0.6) is 5.88 Å². The van der Waals surface area contributed by atoms with Crippen LogP contribution in [0.2, 0.25) is 0 Å². The molecule has 0 saturated carbocycles. The van der Waals surface area contributed by atoms with Crippen LogP contribution in [0, 0.1) is 0 Å². The number of rotatable bonds is 4. The van der Waals surface area contributed by atoms with E-state index in [1.165, 1.54) is 31.2 Å². The van der Waals surface area contributed by atoms with Crippen LogP contribution in [0.15, 0.2) is 77.8 Å². The van der Waals surface area contributed by atoms with Crippen molar-refractivity contribution in [2.75, 3.05) is 17.7 Å². The van der Waals surface area contributed by atoms with E-state index in [1.807, 2.05) is 6.07 Å². The second-order valence-electron chi connectivity index (χ2n) is 8.03. The summed E-state index contributed by atoms with van der Waals surface area (Å²) >= 11 is 0. The van der Waals surface area contributed by atoms with Gasteiger partial charge in [-0.3, -0.25) is 14.2 Å². The van der Waals surface area contributed by atoms with Crippen LogP contribution in [-0.2, 0) is 4.79 Å². The molecule has 1 heterocycles. The standard InChI is InChI=1S/C26H21F3N4O3/c1-15(34)33-21-14-17(30)8-13-20(21)22(24(33)35)23(16-6-4-3-5-7-16)31-18-9-11-19(12-10-18)32(2)25(36)26(27,28)29/h3-14,35H,30H2,1-2H3. The number of amides is 1. The van der Waals surface area contributed by atoms with E-state index in [2.05, 4.69) is 4.99 Å². The van der Waals surface area contributed by atoms with E-state index in [0.717, 1.165) is 11.6 Å². The van der Waals surface area contributed by atoms with Crippen molar-refractivity contribution in [1.82, 2.24) is 4.57 Å². The molecule has 0 bridgehead atoms. The molecule has 0 unspecified atom stereocenters. The lowest BCUT2D eigenvalue weighted by Crippen LogP contribution is -2.38. The lowest BCUT2D eigenvalue weighted by atomic mass is 10.0. The Hall–Kier alpha value is -4.60. The van der Waals surface area contributed by atoms with Crippen molar-refractivity contribution < 1.29 is 27.9 Å². The zero-order valence-electron chi connectivity index (χ0n) is 19.2. The smallest absolute Gasteiger partial charge is 0.471 e. The summed E-state index contributed by atoms with van der Waals surface area (Å²) < 4.78 is 39.5. The van der Waals surface area contributed by atoms with E-state index in [1.54, 1.807) is 42.5 Å². The first-order valence-electron chi connectivity index (χ1n) is 10.7. The van der Waals surface area contributed by atoms with E-state index in [0.29, 0.717) is 44.0 Å². The highest BCUT2D eigenvalue weighted by atomic mass is 19.4. The van der Waals surface area contributed by atoms with Crippen molar-refractivity contribution in [1.29, 1.82) is 0 Å². The summed E-state index contributed by atoms with van der Waals surface area (Å²) in [5.41, 5.74) is 8.35. The van der Waals surface area contributed by atoms with Crippen LogP contribution < -0.4 is 10.6 Å². The van der Waals surface area contributed by atoms with Crippen LogP contribution in [0.4, 0.5) is 30.2 Å². The van der Waals surface area contributed by atoms with Crippen LogP contribution in [0.25, 0.3) is 10.9 Å². The number of nitrogens with zero attached hydrogens (tertiary/aromatic N) is 3. The Labute approximate surface area is 203 Å². The Kier molecular flexibility index (Phi) is 6.28. The van der Waals surface area contributed by atoms with E-state index >= 15 is 0 Å². The summed E-state index contributed by atoms with van der Waals surface area (Å²) in [5.74, 6) is -2.74. The monoisotopic (exact) mass is 494 g/mol. The van der Waals surface area contributed by atoms with Crippen molar-refractivity contribution in [3.63, 3.8) is 0 Å². The van der Waals surface area contributed by atoms with Crippen LogP contribution in [0.1, 0.15) is 22.8 Å². The number of hydrogen-bond donors (Lipinski definition) is 2. The molecule has 3 N–H and O–H groups in total. The van der Waals surface area contributed by atoms with E-state index in [4.69, 9.17) is 5.73 Å². The van der Waals surface area contributed by atoms with Gasteiger partial charge in [-0.2, -0.15) is 13.2 Å². The first kappa shape index (κ1) is 24.5. The first-order valence-corrected chi connectivity index (χ1v) is 10.7. The van der Waals surface area contributed by atoms with Gasteiger partial charge in [0.25, 0.3) is 0 Å². The number of carbonyl (C=O) groups excluding carboxylic acids is 2. The molecule has 4 aromatic rings. The first-order chi connectivity index (χ1) is 17.0. The summed E-state index contributed by atoms with van der Waals surface area (Å²) in [6.07, 6.45) is -5.00. The fraction of sp³-hybridized carbons (Fsp3) is 0.115. The number of anilines is 2. The summed E-state index contributed by atoms with van der Waals surface area (Å²) in [4.78, 5) is 29.1. The molecule has 1 aromatic heterocycles. The maximum Gasteiger partial charge on any atom is 0.471 e. The predicted octanol–water partition coefficient (Wildman–Crippen LogP) is 5.28. The molecule has 0 radical (unpaired) electrons. The third-order valence-electron chi connectivity index (χ3n) is 5.59. The summed E-state index contributed by atoms with van der Waals surface area (Å²) in [6, 6.07) is 19.4. The molecule has 36 heavy (non-hydrogen) atoms. The molecule has 0 fully saturated rings. The molecule has 1 amide bonds. The number of aromatic nitrogens is 1. The van der Waals surface area contributed by atoms with Crippen molar-refractivity contribution in [3.8, 4) is 5.88 Å². The maximum absolute atomic E-state index is 12.8. The number of hydrogen-bond acceptors (Lipinski definition) is 5.